The van der Waals surface area contributed by atoms with Gasteiger partial charge >= 0.3 is 0 Å². The maximum atomic E-state index is 13.8. The quantitative estimate of drug-likeness (QED) is 0.854. The van der Waals surface area contributed by atoms with Gasteiger partial charge < -0.3 is 10.0 Å². The third-order valence-electron chi connectivity index (χ3n) is 4.40. The topological polar surface area (TPSA) is 23.5 Å². The summed E-state index contributed by atoms with van der Waals surface area (Å²) >= 11 is 0. The van der Waals surface area contributed by atoms with Crippen LogP contribution in [0.3, 0.4) is 0 Å². The summed E-state index contributed by atoms with van der Waals surface area (Å²) in [6, 6.07) is 16.1. The Kier molecular flexibility index (Phi) is 5.92. The Morgan fingerprint density at radius 1 is 1.17 bits per heavy atom. The van der Waals surface area contributed by atoms with Gasteiger partial charge in [0.1, 0.15) is 11.4 Å². The van der Waals surface area contributed by atoms with Crippen molar-refractivity contribution in [2.45, 2.75) is 19.4 Å². The highest BCUT2D eigenvalue weighted by Crippen LogP contribution is 2.38. The van der Waals surface area contributed by atoms with Gasteiger partial charge in [0.25, 0.3) is 0 Å². The van der Waals surface area contributed by atoms with Crippen molar-refractivity contribution < 1.29 is 9.50 Å². The number of hydrogen-bond acceptors (Lipinski definition) is 2. The van der Waals surface area contributed by atoms with Crippen LogP contribution in [0.15, 0.2) is 60.2 Å². The van der Waals surface area contributed by atoms with E-state index in [0.717, 1.165) is 11.1 Å². The minimum absolute atomic E-state index is 0.103. The van der Waals surface area contributed by atoms with Gasteiger partial charge in [-0.25, -0.2) is 4.39 Å². The molecule has 0 fully saturated rings. The molecule has 2 rings (SSSR count). The van der Waals surface area contributed by atoms with E-state index in [0.29, 0.717) is 12.1 Å². The van der Waals surface area contributed by atoms with Crippen LogP contribution in [-0.2, 0) is 5.60 Å². The van der Waals surface area contributed by atoms with Crippen LogP contribution >= 0.6 is 0 Å². The molecule has 0 amide bonds. The van der Waals surface area contributed by atoms with E-state index >= 15 is 0 Å². The molecule has 0 aliphatic heterocycles. The van der Waals surface area contributed by atoms with Crippen LogP contribution < -0.4 is 0 Å². The number of halogens is 1. The highest BCUT2D eigenvalue weighted by atomic mass is 19.1. The molecule has 24 heavy (non-hydrogen) atoms. The molecule has 0 spiro atoms. The maximum Gasteiger partial charge on any atom is 0.123 e. The number of nitrogens with zero attached hydrogens (tertiary/aromatic N) is 1. The molecule has 2 atom stereocenters. The van der Waals surface area contributed by atoms with Crippen molar-refractivity contribution in [2.75, 3.05) is 20.6 Å². The average Bonchev–Trinajstić information content (AvgIpc) is 2.54. The second-order valence-corrected chi connectivity index (χ2v) is 6.68. The first-order valence-electron chi connectivity index (χ1n) is 8.21. The number of aliphatic hydroxyl groups is 1. The number of hydrogen-bond donors (Lipinski definition) is 1. The summed E-state index contributed by atoms with van der Waals surface area (Å²) in [5.74, 6) is -0.440. The first-order chi connectivity index (χ1) is 11.3. The van der Waals surface area contributed by atoms with Crippen molar-refractivity contribution in [3.8, 4) is 0 Å². The fourth-order valence-electron chi connectivity index (χ4n) is 3.22. The predicted octanol–water partition coefficient (Wildman–Crippen LogP) is 4.31. The van der Waals surface area contributed by atoms with Gasteiger partial charge in [-0.1, -0.05) is 55.5 Å². The Balaban J connectivity index is 2.52. The van der Waals surface area contributed by atoms with Crippen LogP contribution in [0.25, 0.3) is 6.08 Å². The highest BCUT2D eigenvalue weighted by molar-refractivity contribution is 5.56. The Hall–Kier alpha value is -1.97. The standard InChI is InChI=1S/C21H26FNO/c1-16(13-18-9-6-5-7-10-18)21(24,17(2)15-23(3)4)19-11-8-12-20(22)14-19/h5-14,17,24H,15H2,1-4H3/b16-13-. The largest absolute Gasteiger partial charge is 0.380 e. The van der Waals surface area contributed by atoms with E-state index in [1.54, 1.807) is 12.1 Å². The van der Waals surface area contributed by atoms with Gasteiger partial charge in [-0.2, -0.15) is 0 Å². The molecule has 3 heteroatoms. The molecule has 0 saturated carbocycles. The second kappa shape index (κ2) is 7.73. The molecule has 1 N–H and O–H groups in total. The summed E-state index contributed by atoms with van der Waals surface area (Å²) in [6.07, 6.45) is 1.97. The van der Waals surface area contributed by atoms with Crippen molar-refractivity contribution >= 4 is 6.08 Å². The van der Waals surface area contributed by atoms with E-state index in [2.05, 4.69) is 0 Å². The predicted molar refractivity (Wildman–Crippen MR) is 98.1 cm³/mol. The van der Waals surface area contributed by atoms with E-state index in [1.165, 1.54) is 12.1 Å². The molecule has 0 aliphatic carbocycles. The van der Waals surface area contributed by atoms with Crippen molar-refractivity contribution in [1.82, 2.24) is 4.90 Å². The van der Waals surface area contributed by atoms with Crippen LogP contribution in [-0.4, -0.2) is 30.6 Å². The van der Waals surface area contributed by atoms with E-state index < -0.39 is 5.60 Å². The van der Waals surface area contributed by atoms with Gasteiger partial charge in [0.05, 0.1) is 0 Å². The van der Waals surface area contributed by atoms with Gasteiger partial charge in [-0.05, 0) is 49.9 Å². The SMILES string of the molecule is C/C(=C/c1ccccc1)C(O)(c1cccc(F)c1)C(C)CN(C)C. The van der Waals surface area contributed by atoms with Gasteiger partial charge in [-0.3, -0.25) is 0 Å². The van der Waals surface area contributed by atoms with Crippen molar-refractivity contribution in [1.29, 1.82) is 0 Å². The summed E-state index contributed by atoms with van der Waals surface area (Å²) in [7, 11) is 3.94. The summed E-state index contributed by atoms with van der Waals surface area (Å²) in [6.45, 7) is 4.59. The molecule has 0 bridgehead atoms. The number of benzene rings is 2. The normalized spacial score (nSPS) is 16.0. The maximum absolute atomic E-state index is 13.8. The lowest BCUT2D eigenvalue weighted by Gasteiger charge is -2.37. The number of rotatable bonds is 6. The third kappa shape index (κ3) is 4.11. The van der Waals surface area contributed by atoms with Crippen LogP contribution in [0.5, 0.6) is 0 Å². The lowest BCUT2D eigenvalue weighted by atomic mass is 9.76. The summed E-state index contributed by atoms with van der Waals surface area (Å²) in [4.78, 5) is 2.03. The molecule has 0 aromatic heterocycles. The smallest absolute Gasteiger partial charge is 0.123 e. The molecular weight excluding hydrogens is 301 g/mol. The molecule has 0 saturated heterocycles. The Morgan fingerprint density at radius 2 is 1.83 bits per heavy atom. The van der Waals surface area contributed by atoms with Gasteiger partial charge in [0.2, 0.25) is 0 Å². The molecule has 0 heterocycles. The zero-order valence-electron chi connectivity index (χ0n) is 14.8. The third-order valence-corrected chi connectivity index (χ3v) is 4.40. The van der Waals surface area contributed by atoms with Gasteiger partial charge in [0.15, 0.2) is 0 Å². The van der Waals surface area contributed by atoms with Crippen LogP contribution in [0.2, 0.25) is 0 Å². The molecule has 2 nitrogen and oxygen atoms in total. The van der Waals surface area contributed by atoms with Crippen molar-refractivity contribution in [3.05, 3.63) is 77.1 Å². The van der Waals surface area contributed by atoms with Crippen molar-refractivity contribution in [2.24, 2.45) is 5.92 Å². The molecular formula is C21H26FNO. The van der Waals surface area contributed by atoms with Gasteiger partial charge in [0, 0.05) is 12.5 Å². The second-order valence-electron chi connectivity index (χ2n) is 6.68. The van der Waals surface area contributed by atoms with Crippen LogP contribution in [0, 0.1) is 11.7 Å². The van der Waals surface area contributed by atoms with E-state index in [1.807, 2.05) is 69.3 Å². The molecule has 0 aliphatic rings. The van der Waals surface area contributed by atoms with E-state index in [4.69, 9.17) is 0 Å². The summed E-state index contributed by atoms with van der Waals surface area (Å²) in [5.41, 5.74) is 1.17. The minimum atomic E-state index is -1.23. The lowest BCUT2D eigenvalue weighted by molar-refractivity contribution is 0.0103. The first-order valence-corrected chi connectivity index (χ1v) is 8.21. The summed E-state index contributed by atoms with van der Waals surface area (Å²) < 4.78 is 13.8. The van der Waals surface area contributed by atoms with Crippen LogP contribution in [0.1, 0.15) is 25.0 Å². The fraction of sp³-hybridized carbons (Fsp3) is 0.333. The van der Waals surface area contributed by atoms with Gasteiger partial charge in [-0.15, -0.1) is 0 Å². The fourth-order valence-corrected chi connectivity index (χ4v) is 3.22. The molecule has 2 aromatic carbocycles. The molecule has 128 valence electrons. The van der Waals surface area contributed by atoms with Crippen LogP contribution in [0.4, 0.5) is 4.39 Å². The highest BCUT2D eigenvalue weighted by Gasteiger charge is 2.37. The monoisotopic (exact) mass is 327 g/mol. The molecule has 2 unspecified atom stereocenters. The van der Waals surface area contributed by atoms with Crippen molar-refractivity contribution in [3.63, 3.8) is 0 Å². The lowest BCUT2D eigenvalue weighted by Crippen LogP contribution is -2.40. The van der Waals surface area contributed by atoms with E-state index in [9.17, 15) is 9.50 Å². The Labute approximate surface area is 144 Å². The molecule has 2 aromatic rings. The Morgan fingerprint density at radius 3 is 2.42 bits per heavy atom. The zero-order valence-corrected chi connectivity index (χ0v) is 14.8. The Bertz CT molecular complexity index is 696. The van der Waals surface area contributed by atoms with E-state index in [-0.39, 0.29) is 11.7 Å². The first kappa shape index (κ1) is 18.4. The molecule has 0 radical (unpaired) electrons. The average molecular weight is 327 g/mol. The minimum Gasteiger partial charge on any atom is -0.380 e. The zero-order chi connectivity index (χ0) is 17.7. The summed E-state index contributed by atoms with van der Waals surface area (Å²) in [5, 5.41) is 11.6.